The quantitative estimate of drug-likeness (QED) is 0.295. The number of pyridine rings is 1. The topological polar surface area (TPSA) is 106 Å². The van der Waals surface area contributed by atoms with Crippen molar-refractivity contribution >= 4 is 23.1 Å². The number of para-hydroxylation sites is 1. The molecule has 38 heavy (non-hydrogen) atoms. The first-order valence-electron chi connectivity index (χ1n) is 12.9. The van der Waals surface area contributed by atoms with E-state index in [0.29, 0.717) is 23.7 Å². The average molecular weight is 510 g/mol. The van der Waals surface area contributed by atoms with Gasteiger partial charge in [0, 0.05) is 53.3 Å². The van der Waals surface area contributed by atoms with Crippen LogP contribution in [0.5, 0.6) is 11.5 Å². The van der Waals surface area contributed by atoms with Gasteiger partial charge in [-0.15, -0.1) is 0 Å². The van der Waals surface area contributed by atoms with E-state index in [1.54, 1.807) is 20.4 Å². The summed E-state index contributed by atoms with van der Waals surface area (Å²) < 4.78 is 11.0. The molecule has 1 aliphatic heterocycles. The monoisotopic (exact) mass is 509 g/mol. The Morgan fingerprint density at radius 2 is 1.92 bits per heavy atom. The Bertz CT molecular complexity index is 1480. The number of fused-ring (bicyclic) bond motifs is 3. The van der Waals surface area contributed by atoms with Crippen LogP contribution in [0.15, 0.2) is 66.9 Å². The van der Waals surface area contributed by atoms with Gasteiger partial charge < -0.3 is 30.4 Å². The van der Waals surface area contributed by atoms with E-state index < -0.39 is 0 Å². The number of hydrogen-bond acceptors (Lipinski definition) is 6. The molecule has 2 atom stereocenters. The Labute approximate surface area is 221 Å². The highest BCUT2D eigenvalue weighted by atomic mass is 16.5. The van der Waals surface area contributed by atoms with Crippen LogP contribution >= 0.6 is 0 Å². The highest BCUT2D eigenvalue weighted by Gasteiger charge is 2.45. The summed E-state index contributed by atoms with van der Waals surface area (Å²) in [6.07, 6.45) is 4.74. The maximum Gasteiger partial charge on any atom is 0.258 e. The summed E-state index contributed by atoms with van der Waals surface area (Å²) in [7, 11) is 3.28. The molecule has 4 aromatic rings. The summed E-state index contributed by atoms with van der Waals surface area (Å²) >= 11 is 0. The minimum Gasteiger partial charge on any atom is -0.497 e. The maximum absolute atomic E-state index is 14.4. The molecule has 1 saturated carbocycles. The fourth-order valence-corrected chi connectivity index (χ4v) is 5.93. The van der Waals surface area contributed by atoms with E-state index in [0.717, 1.165) is 58.9 Å². The smallest absolute Gasteiger partial charge is 0.258 e. The standard InChI is InChI=1S/C30H31N5O3/c1-37-21-12-11-19(24(16-21)38-2)17-35-23-10-6-9-22(23)28-26(30(35)36)29(33-20-7-4-3-5-8-20)27(34-28)18-13-14-32-25(31)15-18/h3-5,7-8,11-16,22-23,33-34H,6,9-10,17H2,1-2H3,(H2,31,32). The molecule has 194 valence electrons. The Kier molecular flexibility index (Phi) is 6.15. The molecule has 0 spiro atoms. The first-order valence-corrected chi connectivity index (χ1v) is 12.9. The van der Waals surface area contributed by atoms with Crippen molar-refractivity contribution < 1.29 is 14.3 Å². The van der Waals surface area contributed by atoms with Gasteiger partial charge in [0.15, 0.2) is 0 Å². The average Bonchev–Trinajstić information content (AvgIpc) is 3.57. The van der Waals surface area contributed by atoms with Crippen molar-refractivity contribution in [2.75, 3.05) is 25.3 Å². The molecule has 4 N–H and O–H groups in total. The predicted octanol–water partition coefficient (Wildman–Crippen LogP) is 5.71. The molecule has 0 radical (unpaired) electrons. The Morgan fingerprint density at radius 3 is 2.68 bits per heavy atom. The number of H-pyrrole nitrogens is 1. The summed E-state index contributed by atoms with van der Waals surface area (Å²) in [4.78, 5) is 24.2. The lowest BCUT2D eigenvalue weighted by molar-refractivity contribution is 0.0613. The van der Waals surface area contributed by atoms with Crippen LogP contribution in [0.4, 0.5) is 17.2 Å². The number of nitrogens with one attached hydrogen (secondary N) is 2. The van der Waals surface area contributed by atoms with E-state index in [1.165, 1.54) is 0 Å². The number of amides is 1. The summed E-state index contributed by atoms with van der Waals surface area (Å²) in [5, 5.41) is 3.55. The van der Waals surface area contributed by atoms with Crippen molar-refractivity contribution in [2.45, 2.75) is 37.8 Å². The predicted molar refractivity (Wildman–Crippen MR) is 148 cm³/mol. The van der Waals surface area contributed by atoms with Crippen molar-refractivity contribution in [2.24, 2.45) is 0 Å². The van der Waals surface area contributed by atoms with Gasteiger partial charge in [-0.05, 0) is 49.2 Å². The molecule has 3 heterocycles. The number of ether oxygens (including phenoxy) is 2. The van der Waals surface area contributed by atoms with Gasteiger partial charge in [-0.25, -0.2) is 4.98 Å². The Morgan fingerprint density at radius 1 is 1.08 bits per heavy atom. The van der Waals surface area contributed by atoms with Gasteiger partial charge in [-0.3, -0.25) is 4.79 Å². The molecule has 0 bridgehead atoms. The number of aromatic amines is 1. The number of anilines is 3. The molecule has 6 rings (SSSR count). The minimum absolute atomic E-state index is 0.00369. The van der Waals surface area contributed by atoms with Gasteiger partial charge in [-0.2, -0.15) is 0 Å². The molecule has 1 amide bonds. The Hall–Kier alpha value is -4.46. The molecule has 2 aromatic heterocycles. The number of nitrogen functional groups attached to an aromatic ring is 1. The SMILES string of the molecule is COc1ccc(CN2C(=O)c3c([nH]c(-c4ccnc(N)c4)c3Nc3ccccc3)C3CCCC32)c(OC)c1. The van der Waals surface area contributed by atoms with Gasteiger partial charge in [0.05, 0.1) is 31.2 Å². The van der Waals surface area contributed by atoms with Crippen molar-refractivity contribution in [3.8, 4) is 22.8 Å². The second kappa shape index (κ2) is 9.78. The lowest BCUT2D eigenvalue weighted by atomic mass is 9.89. The van der Waals surface area contributed by atoms with Crippen LogP contribution in [-0.4, -0.2) is 41.0 Å². The summed E-state index contributed by atoms with van der Waals surface area (Å²) in [6, 6.07) is 19.5. The van der Waals surface area contributed by atoms with Crippen LogP contribution in [0.25, 0.3) is 11.3 Å². The first-order chi connectivity index (χ1) is 18.6. The van der Waals surface area contributed by atoms with E-state index in [-0.39, 0.29) is 17.9 Å². The largest absolute Gasteiger partial charge is 0.497 e. The van der Waals surface area contributed by atoms with Crippen molar-refractivity contribution in [1.82, 2.24) is 14.9 Å². The van der Waals surface area contributed by atoms with Crippen LogP contribution < -0.4 is 20.5 Å². The molecular weight excluding hydrogens is 478 g/mol. The molecule has 2 aromatic carbocycles. The fourth-order valence-electron chi connectivity index (χ4n) is 5.93. The number of rotatable bonds is 7. The number of carbonyl (C=O) groups is 1. The van der Waals surface area contributed by atoms with Crippen LogP contribution in [-0.2, 0) is 6.54 Å². The van der Waals surface area contributed by atoms with Crippen LogP contribution in [0.2, 0.25) is 0 Å². The second-order valence-corrected chi connectivity index (χ2v) is 9.84. The number of carbonyl (C=O) groups excluding carboxylic acids is 1. The van der Waals surface area contributed by atoms with Crippen molar-refractivity contribution in [3.05, 3.63) is 83.7 Å². The zero-order valence-corrected chi connectivity index (χ0v) is 21.5. The third-order valence-corrected chi connectivity index (χ3v) is 7.70. The van der Waals surface area contributed by atoms with Gasteiger partial charge in [0.1, 0.15) is 17.3 Å². The van der Waals surface area contributed by atoms with E-state index >= 15 is 0 Å². The molecule has 0 saturated heterocycles. The van der Waals surface area contributed by atoms with Gasteiger partial charge in [-0.1, -0.05) is 24.6 Å². The molecule has 1 fully saturated rings. The minimum atomic E-state index is 0.00369. The Balaban J connectivity index is 1.48. The van der Waals surface area contributed by atoms with Gasteiger partial charge >= 0.3 is 0 Å². The third-order valence-electron chi connectivity index (χ3n) is 7.70. The van der Waals surface area contributed by atoms with Gasteiger partial charge in [0.2, 0.25) is 0 Å². The molecule has 2 aliphatic rings. The zero-order chi connectivity index (χ0) is 26.2. The highest BCUT2D eigenvalue weighted by Crippen LogP contribution is 2.49. The first kappa shape index (κ1) is 23.9. The summed E-state index contributed by atoms with van der Waals surface area (Å²) in [5.74, 6) is 2.08. The number of benzene rings is 2. The van der Waals surface area contributed by atoms with E-state index in [1.807, 2.05) is 65.6 Å². The lowest BCUT2D eigenvalue weighted by Crippen LogP contribution is -2.45. The summed E-state index contributed by atoms with van der Waals surface area (Å²) in [6.45, 7) is 0.458. The van der Waals surface area contributed by atoms with E-state index in [4.69, 9.17) is 15.2 Å². The molecule has 8 heteroatoms. The number of hydrogen-bond donors (Lipinski definition) is 3. The molecule has 1 aliphatic carbocycles. The van der Waals surface area contributed by atoms with E-state index in [9.17, 15) is 4.79 Å². The lowest BCUT2D eigenvalue weighted by Gasteiger charge is -2.38. The second-order valence-electron chi connectivity index (χ2n) is 9.84. The number of nitrogens with zero attached hydrogens (tertiary/aromatic N) is 2. The third kappa shape index (κ3) is 4.12. The van der Waals surface area contributed by atoms with E-state index in [2.05, 4.69) is 15.3 Å². The number of aromatic nitrogens is 2. The number of methoxy groups -OCH3 is 2. The van der Waals surface area contributed by atoms with Gasteiger partial charge in [0.25, 0.3) is 5.91 Å². The number of nitrogens with two attached hydrogens (primary N) is 1. The van der Waals surface area contributed by atoms with Crippen molar-refractivity contribution in [3.63, 3.8) is 0 Å². The molecular formula is C30H31N5O3. The van der Waals surface area contributed by atoms with Crippen LogP contribution in [0.3, 0.4) is 0 Å². The fraction of sp³-hybridized carbons (Fsp3) is 0.267. The zero-order valence-electron chi connectivity index (χ0n) is 21.5. The summed E-state index contributed by atoms with van der Waals surface area (Å²) in [5.41, 5.74) is 12.1. The normalized spacial score (nSPS) is 18.2. The highest BCUT2D eigenvalue weighted by molar-refractivity contribution is 6.07. The van der Waals surface area contributed by atoms with Crippen molar-refractivity contribution in [1.29, 1.82) is 0 Å². The molecule has 8 nitrogen and oxygen atoms in total. The van der Waals surface area contributed by atoms with Crippen LogP contribution in [0.1, 0.15) is 46.8 Å². The molecule has 2 unspecified atom stereocenters. The van der Waals surface area contributed by atoms with Crippen LogP contribution in [0, 0.1) is 0 Å². The maximum atomic E-state index is 14.4.